The van der Waals surface area contributed by atoms with Crippen molar-refractivity contribution in [2.24, 2.45) is 0 Å². The normalized spacial score (nSPS) is 22.7. The van der Waals surface area contributed by atoms with Gasteiger partial charge in [0.05, 0.1) is 7.11 Å². The largest absolute Gasteiger partial charge is 0.504 e. The molecule has 4 nitrogen and oxygen atoms in total. The SMILES string of the molecule is COc1cc(C(C)N2CCNC(C)C2)ccc1O. The van der Waals surface area contributed by atoms with Crippen LogP contribution < -0.4 is 10.1 Å². The van der Waals surface area contributed by atoms with E-state index in [4.69, 9.17) is 4.74 Å². The zero-order chi connectivity index (χ0) is 13.1. The van der Waals surface area contributed by atoms with Crippen LogP contribution in [0.3, 0.4) is 0 Å². The lowest BCUT2D eigenvalue weighted by Gasteiger charge is -2.36. The van der Waals surface area contributed by atoms with Gasteiger partial charge in [-0.15, -0.1) is 0 Å². The number of methoxy groups -OCH3 is 1. The minimum absolute atomic E-state index is 0.196. The maximum absolute atomic E-state index is 9.62. The summed E-state index contributed by atoms with van der Waals surface area (Å²) in [6, 6.07) is 6.46. The first-order valence-electron chi connectivity index (χ1n) is 6.46. The highest BCUT2D eigenvalue weighted by Crippen LogP contribution is 2.31. The van der Waals surface area contributed by atoms with Crippen molar-refractivity contribution in [2.45, 2.75) is 25.9 Å². The molecule has 1 saturated heterocycles. The lowest BCUT2D eigenvalue weighted by molar-refractivity contribution is 0.158. The van der Waals surface area contributed by atoms with Crippen LogP contribution in [0.4, 0.5) is 0 Å². The molecule has 1 aliphatic rings. The molecule has 1 heterocycles. The van der Waals surface area contributed by atoms with Gasteiger partial charge in [0, 0.05) is 31.7 Å². The second kappa shape index (κ2) is 5.59. The Kier molecular flexibility index (Phi) is 4.09. The summed E-state index contributed by atoms with van der Waals surface area (Å²) in [4.78, 5) is 2.45. The summed E-state index contributed by atoms with van der Waals surface area (Å²) in [6.45, 7) is 7.53. The summed E-state index contributed by atoms with van der Waals surface area (Å²) in [6.07, 6.45) is 0. The lowest BCUT2D eigenvalue weighted by atomic mass is 10.0. The molecule has 0 bridgehead atoms. The fraction of sp³-hybridized carbons (Fsp3) is 0.571. The quantitative estimate of drug-likeness (QED) is 0.858. The van der Waals surface area contributed by atoms with Crippen LogP contribution in [0.1, 0.15) is 25.5 Å². The summed E-state index contributed by atoms with van der Waals surface area (Å²) >= 11 is 0. The van der Waals surface area contributed by atoms with Crippen LogP contribution in [0.15, 0.2) is 18.2 Å². The Morgan fingerprint density at radius 1 is 1.50 bits per heavy atom. The molecule has 0 aliphatic carbocycles. The Morgan fingerprint density at radius 3 is 2.94 bits per heavy atom. The Labute approximate surface area is 109 Å². The van der Waals surface area contributed by atoms with Crippen molar-refractivity contribution in [2.75, 3.05) is 26.7 Å². The second-order valence-electron chi connectivity index (χ2n) is 4.96. The van der Waals surface area contributed by atoms with Crippen LogP contribution in [0.2, 0.25) is 0 Å². The molecule has 0 aromatic heterocycles. The lowest BCUT2D eigenvalue weighted by Crippen LogP contribution is -2.49. The molecule has 1 aromatic rings. The standard InChI is InChI=1S/C14H22N2O2/c1-10-9-16(7-6-15-10)11(2)12-4-5-13(17)14(8-12)18-3/h4-5,8,10-11,15,17H,6-7,9H2,1-3H3. The van der Waals surface area contributed by atoms with E-state index >= 15 is 0 Å². The van der Waals surface area contributed by atoms with Crippen molar-refractivity contribution in [1.82, 2.24) is 10.2 Å². The van der Waals surface area contributed by atoms with Gasteiger partial charge in [0.1, 0.15) is 0 Å². The Bertz CT molecular complexity index is 409. The minimum atomic E-state index is 0.196. The molecule has 1 aliphatic heterocycles. The summed E-state index contributed by atoms with van der Waals surface area (Å²) < 4.78 is 5.16. The van der Waals surface area contributed by atoms with Gasteiger partial charge in [-0.05, 0) is 31.5 Å². The number of nitrogens with one attached hydrogen (secondary N) is 1. The van der Waals surface area contributed by atoms with Gasteiger partial charge >= 0.3 is 0 Å². The number of rotatable bonds is 3. The second-order valence-corrected chi connectivity index (χ2v) is 4.96. The van der Waals surface area contributed by atoms with Crippen molar-refractivity contribution in [1.29, 1.82) is 0 Å². The summed E-state index contributed by atoms with van der Waals surface area (Å²) in [7, 11) is 1.58. The van der Waals surface area contributed by atoms with Gasteiger partial charge in [-0.3, -0.25) is 4.90 Å². The Hall–Kier alpha value is -1.26. The topological polar surface area (TPSA) is 44.7 Å². The van der Waals surface area contributed by atoms with Crippen molar-refractivity contribution in [3.8, 4) is 11.5 Å². The molecule has 0 spiro atoms. The van der Waals surface area contributed by atoms with Gasteiger partial charge in [0.2, 0.25) is 0 Å². The third-order valence-corrected chi connectivity index (χ3v) is 3.63. The fourth-order valence-electron chi connectivity index (χ4n) is 2.48. The maximum atomic E-state index is 9.62. The Morgan fingerprint density at radius 2 is 2.28 bits per heavy atom. The van der Waals surface area contributed by atoms with E-state index in [9.17, 15) is 5.11 Å². The van der Waals surface area contributed by atoms with Crippen LogP contribution in [0, 0.1) is 0 Å². The van der Waals surface area contributed by atoms with Crippen molar-refractivity contribution in [3.63, 3.8) is 0 Å². The van der Waals surface area contributed by atoms with Gasteiger partial charge in [0.15, 0.2) is 11.5 Å². The van der Waals surface area contributed by atoms with Crippen molar-refractivity contribution >= 4 is 0 Å². The Balaban J connectivity index is 2.14. The number of benzene rings is 1. The van der Waals surface area contributed by atoms with Gasteiger partial charge in [0.25, 0.3) is 0 Å². The number of hydrogen-bond donors (Lipinski definition) is 2. The molecule has 1 fully saturated rings. The molecule has 1 aromatic carbocycles. The molecule has 0 radical (unpaired) electrons. The minimum Gasteiger partial charge on any atom is -0.504 e. The molecule has 2 rings (SSSR count). The van der Waals surface area contributed by atoms with Gasteiger partial charge < -0.3 is 15.2 Å². The highest BCUT2D eigenvalue weighted by molar-refractivity contribution is 5.42. The third kappa shape index (κ3) is 2.76. The van der Waals surface area contributed by atoms with E-state index in [1.807, 2.05) is 12.1 Å². The van der Waals surface area contributed by atoms with Crippen molar-refractivity contribution < 1.29 is 9.84 Å². The van der Waals surface area contributed by atoms with E-state index < -0.39 is 0 Å². The summed E-state index contributed by atoms with van der Waals surface area (Å²) in [5, 5.41) is 13.1. The number of piperazine rings is 1. The zero-order valence-corrected chi connectivity index (χ0v) is 11.3. The number of phenolic OH excluding ortho intramolecular Hbond substituents is 1. The number of ether oxygens (including phenoxy) is 1. The molecular weight excluding hydrogens is 228 g/mol. The van der Waals surface area contributed by atoms with Gasteiger partial charge in [-0.2, -0.15) is 0 Å². The third-order valence-electron chi connectivity index (χ3n) is 3.63. The van der Waals surface area contributed by atoms with Crippen LogP contribution in [0.25, 0.3) is 0 Å². The average Bonchev–Trinajstić information content (AvgIpc) is 2.38. The predicted octanol–water partition coefficient (Wildman–Crippen LogP) is 1.76. The van der Waals surface area contributed by atoms with E-state index in [1.165, 1.54) is 5.56 Å². The highest BCUT2D eigenvalue weighted by Gasteiger charge is 2.22. The molecule has 18 heavy (non-hydrogen) atoms. The first-order chi connectivity index (χ1) is 8.61. The van der Waals surface area contributed by atoms with Crippen molar-refractivity contribution in [3.05, 3.63) is 23.8 Å². The fourth-order valence-corrected chi connectivity index (χ4v) is 2.48. The highest BCUT2D eigenvalue weighted by atomic mass is 16.5. The van der Waals surface area contributed by atoms with Crippen LogP contribution in [-0.2, 0) is 0 Å². The molecule has 2 unspecified atom stereocenters. The zero-order valence-electron chi connectivity index (χ0n) is 11.3. The molecule has 0 saturated carbocycles. The molecule has 4 heteroatoms. The smallest absolute Gasteiger partial charge is 0.160 e. The maximum Gasteiger partial charge on any atom is 0.160 e. The molecular formula is C14H22N2O2. The van der Waals surface area contributed by atoms with E-state index in [1.54, 1.807) is 13.2 Å². The molecule has 2 atom stereocenters. The van der Waals surface area contributed by atoms with E-state index in [-0.39, 0.29) is 5.75 Å². The molecule has 2 N–H and O–H groups in total. The average molecular weight is 250 g/mol. The monoisotopic (exact) mass is 250 g/mol. The van der Waals surface area contributed by atoms with Gasteiger partial charge in [-0.1, -0.05) is 6.07 Å². The molecule has 100 valence electrons. The number of hydrogen-bond acceptors (Lipinski definition) is 4. The number of nitrogens with zero attached hydrogens (tertiary/aromatic N) is 1. The van der Waals surface area contributed by atoms with Crippen LogP contribution in [0.5, 0.6) is 11.5 Å². The van der Waals surface area contributed by atoms with Crippen LogP contribution >= 0.6 is 0 Å². The van der Waals surface area contributed by atoms with E-state index in [0.717, 1.165) is 19.6 Å². The number of aromatic hydroxyl groups is 1. The first kappa shape index (κ1) is 13.2. The van der Waals surface area contributed by atoms with E-state index in [0.29, 0.717) is 17.8 Å². The predicted molar refractivity (Wildman–Crippen MR) is 72.1 cm³/mol. The van der Waals surface area contributed by atoms with Gasteiger partial charge in [-0.25, -0.2) is 0 Å². The molecule has 0 amide bonds. The number of phenols is 1. The summed E-state index contributed by atoms with van der Waals surface area (Å²) in [5.41, 5.74) is 1.18. The van der Waals surface area contributed by atoms with E-state index in [2.05, 4.69) is 24.1 Å². The first-order valence-corrected chi connectivity index (χ1v) is 6.46. The summed E-state index contributed by atoms with van der Waals surface area (Å²) in [5.74, 6) is 0.740. The van der Waals surface area contributed by atoms with Crippen LogP contribution in [-0.4, -0.2) is 42.8 Å².